The summed E-state index contributed by atoms with van der Waals surface area (Å²) in [5.41, 5.74) is 2.61. The summed E-state index contributed by atoms with van der Waals surface area (Å²) >= 11 is 0. The summed E-state index contributed by atoms with van der Waals surface area (Å²) in [6.07, 6.45) is 1.11. The minimum Gasteiger partial charge on any atom is -0.356 e. The van der Waals surface area contributed by atoms with Crippen molar-refractivity contribution in [2.45, 2.75) is 59.7 Å². The van der Waals surface area contributed by atoms with Crippen LogP contribution in [0.15, 0.2) is 29.3 Å². The zero-order chi connectivity index (χ0) is 17.2. The van der Waals surface area contributed by atoms with Crippen LogP contribution >= 0.6 is 24.0 Å². The van der Waals surface area contributed by atoms with Gasteiger partial charge in [0.05, 0.1) is 0 Å². The van der Waals surface area contributed by atoms with Crippen molar-refractivity contribution in [2.24, 2.45) is 4.99 Å². The molecule has 24 heavy (non-hydrogen) atoms. The van der Waals surface area contributed by atoms with Crippen LogP contribution < -0.4 is 10.6 Å². The average molecular weight is 446 g/mol. The van der Waals surface area contributed by atoms with E-state index in [9.17, 15) is 0 Å². The molecule has 138 valence electrons. The molecule has 0 amide bonds. The Morgan fingerprint density at radius 1 is 1.08 bits per heavy atom. The van der Waals surface area contributed by atoms with E-state index < -0.39 is 0 Å². The van der Waals surface area contributed by atoms with Gasteiger partial charge >= 0.3 is 0 Å². The largest absolute Gasteiger partial charge is 0.356 e. The Balaban J connectivity index is 0.00000529. The standard InChI is InChI=1S/C19H34N4.HI/c1-15(2)23(16(3)4)13-9-12-21-19(20-6)22-14-18-11-8-7-10-17(18)5;/h7-8,10-11,15-16H,9,12-14H2,1-6H3,(H2,20,21,22);1H. The topological polar surface area (TPSA) is 39.7 Å². The Kier molecular flexibility index (Phi) is 12.1. The van der Waals surface area contributed by atoms with Crippen LogP contribution in [0, 0.1) is 6.92 Å². The van der Waals surface area contributed by atoms with Gasteiger partial charge in [0.25, 0.3) is 0 Å². The molecule has 0 aliphatic heterocycles. The number of nitrogens with zero attached hydrogens (tertiary/aromatic N) is 2. The summed E-state index contributed by atoms with van der Waals surface area (Å²) < 4.78 is 0. The van der Waals surface area contributed by atoms with Gasteiger partial charge in [-0.05, 0) is 52.2 Å². The van der Waals surface area contributed by atoms with Crippen LogP contribution in [0.4, 0.5) is 0 Å². The number of nitrogens with one attached hydrogen (secondary N) is 2. The van der Waals surface area contributed by atoms with Crippen LogP contribution in [0.5, 0.6) is 0 Å². The summed E-state index contributed by atoms with van der Waals surface area (Å²) in [6, 6.07) is 9.62. The highest BCUT2D eigenvalue weighted by molar-refractivity contribution is 14.0. The van der Waals surface area contributed by atoms with E-state index in [1.165, 1.54) is 11.1 Å². The Morgan fingerprint density at radius 2 is 1.71 bits per heavy atom. The van der Waals surface area contributed by atoms with Gasteiger partial charge in [0.1, 0.15) is 0 Å². The number of benzene rings is 1. The van der Waals surface area contributed by atoms with Gasteiger partial charge in [-0.25, -0.2) is 0 Å². The number of hydrogen-bond donors (Lipinski definition) is 2. The maximum atomic E-state index is 4.30. The Bertz CT molecular complexity index is 478. The molecule has 5 heteroatoms. The van der Waals surface area contributed by atoms with Gasteiger partial charge in [-0.15, -0.1) is 24.0 Å². The normalized spacial score (nSPS) is 11.8. The second-order valence-corrected chi connectivity index (χ2v) is 6.56. The molecule has 0 radical (unpaired) electrons. The van der Waals surface area contributed by atoms with Crippen molar-refractivity contribution in [3.63, 3.8) is 0 Å². The summed E-state index contributed by atoms with van der Waals surface area (Å²) in [5, 5.41) is 6.79. The van der Waals surface area contributed by atoms with Crippen LogP contribution in [-0.4, -0.2) is 43.1 Å². The highest BCUT2D eigenvalue weighted by Gasteiger charge is 2.12. The van der Waals surface area contributed by atoms with E-state index in [4.69, 9.17) is 0 Å². The van der Waals surface area contributed by atoms with Crippen molar-refractivity contribution in [2.75, 3.05) is 20.1 Å². The molecule has 1 rings (SSSR count). The van der Waals surface area contributed by atoms with E-state index in [2.05, 4.69) is 79.4 Å². The third kappa shape index (κ3) is 8.33. The number of guanidine groups is 1. The molecule has 2 N–H and O–H groups in total. The van der Waals surface area contributed by atoms with Gasteiger partial charge in [-0.1, -0.05) is 24.3 Å². The molecule has 0 aliphatic rings. The van der Waals surface area contributed by atoms with Gasteiger partial charge in [0, 0.05) is 38.8 Å². The maximum absolute atomic E-state index is 4.30. The fourth-order valence-corrected chi connectivity index (χ4v) is 2.79. The van der Waals surface area contributed by atoms with Crippen molar-refractivity contribution < 1.29 is 0 Å². The molecule has 1 aromatic rings. The molecule has 0 atom stereocenters. The fourth-order valence-electron chi connectivity index (χ4n) is 2.79. The second-order valence-electron chi connectivity index (χ2n) is 6.56. The van der Waals surface area contributed by atoms with Crippen molar-refractivity contribution in [3.05, 3.63) is 35.4 Å². The minimum absolute atomic E-state index is 0. The number of hydrogen-bond acceptors (Lipinski definition) is 2. The Morgan fingerprint density at radius 3 is 2.25 bits per heavy atom. The molecule has 0 fully saturated rings. The Hall–Kier alpha value is -0.820. The van der Waals surface area contributed by atoms with Gasteiger partial charge < -0.3 is 10.6 Å². The third-order valence-electron chi connectivity index (χ3n) is 4.14. The SMILES string of the molecule is CN=C(NCCCN(C(C)C)C(C)C)NCc1ccccc1C.I. The molecule has 0 heterocycles. The molecule has 0 aliphatic carbocycles. The maximum Gasteiger partial charge on any atom is 0.191 e. The summed E-state index contributed by atoms with van der Waals surface area (Å²) in [7, 11) is 1.82. The zero-order valence-corrected chi connectivity index (χ0v) is 18.4. The molecule has 0 saturated carbocycles. The number of rotatable bonds is 8. The summed E-state index contributed by atoms with van der Waals surface area (Å²) in [6.45, 7) is 14.0. The number of halogens is 1. The van der Waals surface area contributed by atoms with Crippen LogP contribution in [0.1, 0.15) is 45.2 Å². The highest BCUT2D eigenvalue weighted by Crippen LogP contribution is 2.06. The number of aliphatic imine (C=N–C) groups is 1. The quantitative estimate of drug-likeness (QED) is 0.276. The first-order valence-corrected chi connectivity index (χ1v) is 8.70. The van der Waals surface area contributed by atoms with Gasteiger partial charge in [-0.3, -0.25) is 9.89 Å². The van der Waals surface area contributed by atoms with Gasteiger partial charge in [0.15, 0.2) is 5.96 Å². The van der Waals surface area contributed by atoms with Crippen LogP contribution in [0.2, 0.25) is 0 Å². The fraction of sp³-hybridized carbons (Fsp3) is 0.632. The lowest BCUT2D eigenvalue weighted by atomic mass is 10.1. The van der Waals surface area contributed by atoms with Crippen molar-refractivity contribution in [3.8, 4) is 0 Å². The van der Waals surface area contributed by atoms with E-state index in [0.29, 0.717) is 12.1 Å². The lowest BCUT2D eigenvalue weighted by Crippen LogP contribution is -2.41. The van der Waals surface area contributed by atoms with Gasteiger partial charge in [-0.2, -0.15) is 0 Å². The minimum atomic E-state index is 0. The van der Waals surface area contributed by atoms with E-state index in [-0.39, 0.29) is 24.0 Å². The van der Waals surface area contributed by atoms with Crippen LogP contribution in [-0.2, 0) is 6.54 Å². The summed E-state index contributed by atoms with van der Waals surface area (Å²) in [5.74, 6) is 0.869. The second kappa shape index (κ2) is 12.5. The van der Waals surface area contributed by atoms with E-state index in [0.717, 1.165) is 32.0 Å². The molecule has 0 saturated heterocycles. The molecule has 4 nitrogen and oxygen atoms in total. The smallest absolute Gasteiger partial charge is 0.191 e. The first-order valence-electron chi connectivity index (χ1n) is 8.70. The predicted molar refractivity (Wildman–Crippen MR) is 116 cm³/mol. The van der Waals surface area contributed by atoms with E-state index in [1.54, 1.807) is 0 Å². The van der Waals surface area contributed by atoms with Crippen molar-refractivity contribution in [1.82, 2.24) is 15.5 Å². The van der Waals surface area contributed by atoms with Crippen LogP contribution in [0.3, 0.4) is 0 Å². The highest BCUT2D eigenvalue weighted by atomic mass is 127. The molecule has 0 unspecified atom stereocenters. The first-order chi connectivity index (χ1) is 11.0. The lowest BCUT2D eigenvalue weighted by Gasteiger charge is -2.30. The first kappa shape index (κ1) is 23.2. The summed E-state index contributed by atoms with van der Waals surface area (Å²) in [4.78, 5) is 6.82. The van der Waals surface area contributed by atoms with Crippen molar-refractivity contribution in [1.29, 1.82) is 0 Å². The third-order valence-corrected chi connectivity index (χ3v) is 4.14. The monoisotopic (exact) mass is 446 g/mol. The van der Waals surface area contributed by atoms with Crippen LogP contribution in [0.25, 0.3) is 0 Å². The lowest BCUT2D eigenvalue weighted by molar-refractivity contribution is 0.173. The molecule has 0 aromatic heterocycles. The molecule has 0 spiro atoms. The van der Waals surface area contributed by atoms with Gasteiger partial charge in [0.2, 0.25) is 0 Å². The average Bonchev–Trinajstić information content (AvgIpc) is 2.50. The number of aryl methyl sites for hydroxylation is 1. The Labute approximate surface area is 165 Å². The van der Waals surface area contributed by atoms with E-state index in [1.807, 2.05) is 7.05 Å². The molecular formula is C19H35IN4. The molecule has 0 bridgehead atoms. The predicted octanol–water partition coefficient (Wildman–Crippen LogP) is 3.79. The molecular weight excluding hydrogens is 411 g/mol. The molecule has 1 aromatic carbocycles. The van der Waals surface area contributed by atoms with Crippen molar-refractivity contribution >= 4 is 29.9 Å². The van der Waals surface area contributed by atoms with E-state index >= 15 is 0 Å². The zero-order valence-electron chi connectivity index (χ0n) is 16.1.